The third-order valence-corrected chi connectivity index (χ3v) is 6.09. The molecule has 1 saturated heterocycles. The molecule has 1 fully saturated rings. The first-order valence-electron chi connectivity index (χ1n) is 7.75. The van der Waals surface area contributed by atoms with Gasteiger partial charge in [-0.3, -0.25) is 24.0 Å². The maximum atomic E-state index is 12.4. The smallest absolute Gasteiger partial charge is 0.289 e. The molecule has 0 aliphatic carbocycles. The molecule has 3 rings (SSSR count). The molecule has 27 heavy (non-hydrogen) atoms. The van der Waals surface area contributed by atoms with E-state index in [4.69, 9.17) is 5.73 Å². The summed E-state index contributed by atoms with van der Waals surface area (Å²) in [5.41, 5.74) is 6.37. The largest absolute Gasteiger partial charge is 0.366 e. The average molecular weight is 405 g/mol. The second-order valence-electron chi connectivity index (χ2n) is 5.73. The van der Waals surface area contributed by atoms with E-state index in [9.17, 15) is 22.8 Å². The van der Waals surface area contributed by atoms with Crippen LogP contribution in [0.25, 0.3) is 0 Å². The van der Waals surface area contributed by atoms with Crippen molar-refractivity contribution in [2.45, 2.75) is 11.4 Å². The highest BCUT2D eigenvalue weighted by atomic mass is 32.2. The van der Waals surface area contributed by atoms with Crippen molar-refractivity contribution in [1.29, 1.82) is 0 Å². The van der Waals surface area contributed by atoms with Gasteiger partial charge in [-0.2, -0.15) is 0 Å². The number of primary amides is 1. The molecular weight excluding hydrogens is 390 g/mol. The van der Waals surface area contributed by atoms with Crippen molar-refractivity contribution in [3.05, 3.63) is 59.7 Å². The number of anilines is 1. The first-order chi connectivity index (χ1) is 12.8. The number of hydrogen-bond donors (Lipinski definition) is 2. The SMILES string of the molecule is NC(=O)c1ccc(S(=O)(=O)Nc2ccc(CN3C(=O)CSC3=O)cc2)cc1. The Morgan fingerprint density at radius 2 is 1.70 bits per heavy atom. The zero-order valence-corrected chi connectivity index (χ0v) is 15.5. The van der Waals surface area contributed by atoms with Crippen LogP contribution in [-0.2, 0) is 21.4 Å². The van der Waals surface area contributed by atoms with Gasteiger partial charge in [0.05, 0.1) is 17.2 Å². The summed E-state index contributed by atoms with van der Waals surface area (Å²) in [6, 6.07) is 11.6. The van der Waals surface area contributed by atoms with Gasteiger partial charge in [-0.1, -0.05) is 23.9 Å². The molecular formula is C17H15N3O5S2. The van der Waals surface area contributed by atoms with Gasteiger partial charge in [0.2, 0.25) is 11.8 Å². The molecule has 0 saturated carbocycles. The number of rotatable bonds is 6. The Morgan fingerprint density at radius 3 is 2.22 bits per heavy atom. The highest BCUT2D eigenvalue weighted by molar-refractivity contribution is 8.14. The van der Waals surface area contributed by atoms with Crippen LogP contribution in [0.2, 0.25) is 0 Å². The summed E-state index contributed by atoms with van der Waals surface area (Å²) in [5, 5.41) is -0.288. The van der Waals surface area contributed by atoms with Crippen LogP contribution in [-0.4, -0.2) is 36.1 Å². The molecule has 8 nitrogen and oxygen atoms in total. The van der Waals surface area contributed by atoms with E-state index < -0.39 is 15.9 Å². The Morgan fingerprint density at radius 1 is 1.07 bits per heavy atom. The molecule has 0 bridgehead atoms. The van der Waals surface area contributed by atoms with Crippen LogP contribution in [0.5, 0.6) is 0 Å². The summed E-state index contributed by atoms with van der Waals surface area (Å²) in [6.45, 7) is 0.145. The summed E-state index contributed by atoms with van der Waals surface area (Å²) in [6.07, 6.45) is 0. The van der Waals surface area contributed by atoms with Gasteiger partial charge in [-0.05, 0) is 42.0 Å². The lowest BCUT2D eigenvalue weighted by atomic mass is 10.2. The minimum atomic E-state index is -3.83. The van der Waals surface area contributed by atoms with Crippen molar-refractivity contribution >= 4 is 44.5 Å². The fourth-order valence-electron chi connectivity index (χ4n) is 2.41. The van der Waals surface area contributed by atoms with E-state index in [1.807, 2.05) is 0 Å². The van der Waals surface area contributed by atoms with Gasteiger partial charge in [-0.15, -0.1) is 0 Å². The number of carbonyl (C=O) groups excluding carboxylic acids is 3. The highest BCUT2D eigenvalue weighted by Crippen LogP contribution is 2.22. The van der Waals surface area contributed by atoms with Crippen molar-refractivity contribution in [2.75, 3.05) is 10.5 Å². The lowest BCUT2D eigenvalue weighted by Gasteiger charge is -2.13. The van der Waals surface area contributed by atoms with Crippen LogP contribution in [0, 0.1) is 0 Å². The quantitative estimate of drug-likeness (QED) is 0.754. The average Bonchev–Trinajstić information content (AvgIpc) is 2.95. The molecule has 2 aromatic rings. The number of carbonyl (C=O) groups is 3. The van der Waals surface area contributed by atoms with E-state index in [1.54, 1.807) is 24.3 Å². The topological polar surface area (TPSA) is 127 Å². The molecule has 2 aromatic carbocycles. The summed E-state index contributed by atoms with van der Waals surface area (Å²) < 4.78 is 27.2. The zero-order chi connectivity index (χ0) is 19.6. The van der Waals surface area contributed by atoms with Crippen LogP contribution in [0.1, 0.15) is 15.9 Å². The van der Waals surface area contributed by atoms with Crippen LogP contribution < -0.4 is 10.5 Å². The second-order valence-corrected chi connectivity index (χ2v) is 8.33. The molecule has 1 heterocycles. The molecule has 0 atom stereocenters. The van der Waals surface area contributed by atoms with Crippen LogP contribution in [0.4, 0.5) is 10.5 Å². The fraction of sp³-hybridized carbons (Fsp3) is 0.118. The van der Waals surface area contributed by atoms with Crippen LogP contribution in [0.15, 0.2) is 53.4 Å². The molecule has 3 amide bonds. The van der Waals surface area contributed by atoms with Gasteiger partial charge in [0.15, 0.2) is 0 Å². The number of benzene rings is 2. The maximum Gasteiger partial charge on any atom is 0.289 e. The number of sulfonamides is 1. The Hall–Kier alpha value is -2.85. The lowest BCUT2D eigenvalue weighted by molar-refractivity contribution is -0.125. The van der Waals surface area contributed by atoms with Gasteiger partial charge in [0, 0.05) is 11.3 Å². The van der Waals surface area contributed by atoms with Crippen LogP contribution in [0.3, 0.4) is 0 Å². The zero-order valence-electron chi connectivity index (χ0n) is 13.9. The Labute approximate surface area is 159 Å². The van der Waals surface area contributed by atoms with Gasteiger partial charge in [0.1, 0.15) is 0 Å². The minimum absolute atomic E-state index is 0.0122. The van der Waals surface area contributed by atoms with Crippen molar-refractivity contribution in [3.8, 4) is 0 Å². The minimum Gasteiger partial charge on any atom is -0.366 e. The molecule has 1 aliphatic heterocycles. The van der Waals surface area contributed by atoms with E-state index in [1.165, 1.54) is 24.3 Å². The van der Waals surface area contributed by atoms with Crippen LogP contribution >= 0.6 is 11.8 Å². The fourth-order valence-corrected chi connectivity index (χ4v) is 4.19. The predicted molar refractivity (Wildman–Crippen MR) is 101 cm³/mol. The molecule has 3 N–H and O–H groups in total. The molecule has 0 unspecified atom stereocenters. The van der Waals surface area contributed by atoms with Gasteiger partial charge >= 0.3 is 0 Å². The van der Waals surface area contributed by atoms with E-state index in [2.05, 4.69) is 4.72 Å². The summed E-state index contributed by atoms with van der Waals surface area (Å²) in [7, 11) is -3.83. The number of nitrogens with zero attached hydrogens (tertiary/aromatic N) is 1. The normalized spacial score (nSPS) is 14.4. The Bertz CT molecular complexity index is 986. The summed E-state index contributed by atoms with van der Waals surface area (Å²) >= 11 is 0.961. The Balaban J connectivity index is 1.70. The standard InChI is InChI=1S/C17H15N3O5S2/c18-16(22)12-3-7-14(8-4-12)27(24,25)19-13-5-1-11(2-6-13)9-20-15(21)10-26-17(20)23/h1-8,19H,9-10H2,(H2,18,22). The number of thioether (sulfide) groups is 1. The van der Waals surface area contributed by atoms with Gasteiger partial charge in [-0.25, -0.2) is 8.42 Å². The predicted octanol–water partition coefficient (Wildman–Crippen LogP) is 1.78. The monoisotopic (exact) mass is 405 g/mol. The molecule has 10 heteroatoms. The second kappa shape index (κ2) is 7.41. The summed E-state index contributed by atoms with van der Waals surface area (Å²) in [4.78, 5) is 35.4. The lowest BCUT2D eigenvalue weighted by Crippen LogP contribution is -2.27. The van der Waals surface area contributed by atoms with Crippen molar-refractivity contribution < 1.29 is 22.8 Å². The van der Waals surface area contributed by atoms with Crippen molar-refractivity contribution in [2.24, 2.45) is 5.73 Å². The van der Waals surface area contributed by atoms with E-state index in [0.717, 1.165) is 16.7 Å². The molecule has 0 radical (unpaired) electrons. The number of amides is 3. The van der Waals surface area contributed by atoms with Crippen molar-refractivity contribution in [1.82, 2.24) is 4.90 Å². The number of nitrogens with one attached hydrogen (secondary N) is 1. The number of nitrogens with two attached hydrogens (primary N) is 1. The van der Waals surface area contributed by atoms with Gasteiger partial charge in [0.25, 0.3) is 15.3 Å². The van der Waals surface area contributed by atoms with Gasteiger partial charge < -0.3 is 5.73 Å². The molecule has 0 aromatic heterocycles. The van der Waals surface area contributed by atoms with E-state index >= 15 is 0 Å². The van der Waals surface area contributed by atoms with Crippen molar-refractivity contribution in [3.63, 3.8) is 0 Å². The third-order valence-electron chi connectivity index (χ3n) is 3.84. The summed E-state index contributed by atoms with van der Waals surface area (Å²) in [5.74, 6) is -0.740. The van der Waals surface area contributed by atoms with E-state index in [-0.39, 0.29) is 33.9 Å². The molecule has 1 aliphatic rings. The van der Waals surface area contributed by atoms with E-state index in [0.29, 0.717) is 11.3 Å². The molecule has 140 valence electrons. The highest BCUT2D eigenvalue weighted by Gasteiger charge is 2.29. The first-order valence-corrected chi connectivity index (χ1v) is 10.2. The number of imide groups is 1. The maximum absolute atomic E-state index is 12.4. The first kappa shape index (κ1) is 18.9. The molecule has 0 spiro atoms. The number of hydrogen-bond acceptors (Lipinski definition) is 6. The Kier molecular flexibility index (Phi) is 5.19. The third kappa shape index (κ3) is 4.29.